The number of hydrogen-bond acceptors (Lipinski definition) is 8. The van der Waals surface area contributed by atoms with E-state index in [1.807, 2.05) is 20.8 Å². The molecule has 0 N–H and O–H groups in total. The molecule has 0 unspecified atom stereocenters. The normalized spacial score (nSPS) is 11.6. The fourth-order valence-electron chi connectivity index (χ4n) is 1.77. The highest BCUT2D eigenvalue weighted by Gasteiger charge is 2.12. The number of aromatic nitrogens is 7. The molecule has 8 nitrogen and oxygen atoms in total. The molecule has 0 aliphatic heterocycles. The number of thioether (sulfide) groups is 1. The molecule has 3 rings (SSSR count). The van der Waals surface area contributed by atoms with Gasteiger partial charge in [-0.15, -0.1) is 5.10 Å². The Kier molecular flexibility index (Phi) is 3.72. The van der Waals surface area contributed by atoms with Gasteiger partial charge in [-0.25, -0.2) is 9.67 Å². The second kappa shape index (κ2) is 5.53. The van der Waals surface area contributed by atoms with Gasteiger partial charge in [0.05, 0.1) is 11.7 Å². The maximum atomic E-state index is 12.0. The smallest absolute Gasteiger partial charge is 0.267 e. The first-order valence-electron chi connectivity index (χ1n) is 6.31. The van der Waals surface area contributed by atoms with E-state index in [0.29, 0.717) is 21.6 Å². The summed E-state index contributed by atoms with van der Waals surface area (Å²) in [6.45, 7) is 5.87. The summed E-state index contributed by atoms with van der Waals surface area (Å²) >= 11 is 2.86. The number of tetrazole rings is 1. The molecular weight excluding hydrogens is 310 g/mol. The Morgan fingerprint density at radius 3 is 3.00 bits per heavy atom. The van der Waals surface area contributed by atoms with Crippen molar-refractivity contribution in [3.63, 3.8) is 0 Å². The summed E-state index contributed by atoms with van der Waals surface area (Å²) in [4.78, 5) is 17.0. The van der Waals surface area contributed by atoms with Crippen LogP contribution in [0.1, 0.15) is 30.6 Å². The molecule has 0 atom stereocenters. The molecule has 0 spiro atoms. The van der Waals surface area contributed by atoms with Crippen LogP contribution in [0.4, 0.5) is 0 Å². The Balaban J connectivity index is 1.85. The number of hydrogen-bond donors (Lipinski definition) is 0. The van der Waals surface area contributed by atoms with Crippen molar-refractivity contribution in [3.8, 4) is 0 Å². The van der Waals surface area contributed by atoms with Gasteiger partial charge in [0.15, 0.2) is 0 Å². The number of fused-ring (bicyclic) bond motifs is 1. The largest absolute Gasteiger partial charge is 0.275 e. The SMILES string of the molecule is Cc1nn2c(=O)cc(CSc3nnnn3C(C)C)nc2s1. The van der Waals surface area contributed by atoms with Crippen molar-refractivity contribution in [1.29, 1.82) is 0 Å². The summed E-state index contributed by atoms with van der Waals surface area (Å²) in [6.07, 6.45) is 0. The zero-order valence-electron chi connectivity index (χ0n) is 11.7. The van der Waals surface area contributed by atoms with E-state index in [9.17, 15) is 4.79 Å². The fourth-order valence-corrected chi connectivity index (χ4v) is 3.43. The van der Waals surface area contributed by atoms with Crippen LogP contribution in [0.2, 0.25) is 0 Å². The van der Waals surface area contributed by atoms with Crippen LogP contribution in [-0.4, -0.2) is 34.8 Å². The molecule has 0 amide bonds. The topological polar surface area (TPSA) is 90.9 Å². The van der Waals surface area contributed by atoms with E-state index in [1.165, 1.54) is 33.7 Å². The molecule has 0 fully saturated rings. The number of nitrogens with zero attached hydrogens (tertiary/aromatic N) is 7. The lowest BCUT2D eigenvalue weighted by Crippen LogP contribution is -2.15. The van der Waals surface area contributed by atoms with Gasteiger partial charge in [0.1, 0.15) is 5.01 Å². The predicted octanol–water partition coefficient (Wildman–Crippen LogP) is 1.32. The van der Waals surface area contributed by atoms with Crippen LogP contribution in [0, 0.1) is 6.92 Å². The van der Waals surface area contributed by atoms with E-state index in [1.54, 1.807) is 4.68 Å². The Hall–Kier alpha value is -1.81. The van der Waals surface area contributed by atoms with Gasteiger partial charge in [-0.2, -0.15) is 9.61 Å². The van der Waals surface area contributed by atoms with E-state index in [0.717, 1.165) is 5.01 Å². The third kappa shape index (κ3) is 2.81. The van der Waals surface area contributed by atoms with Gasteiger partial charge in [-0.1, -0.05) is 23.1 Å². The molecule has 0 aromatic carbocycles. The highest BCUT2D eigenvalue weighted by Crippen LogP contribution is 2.21. The average Bonchev–Trinajstić information content (AvgIpc) is 3.02. The Labute approximate surface area is 128 Å². The van der Waals surface area contributed by atoms with Crippen molar-refractivity contribution in [3.05, 3.63) is 27.1 Å². The first kappa shape index (κ1) is 14.1. The molecular formula is C11H13N7OS2. The highest BCUT2D eigenvalue weighted by molar-refractivity contribution is 7.98. The third-order valence-electron chi connectivity index (χ3n) is 2.70. The minimum absolute atomic E-state index is 0.164. The molecule has 0 bridgehead atoms. The van der Waals surface area contributed by atoms with Gasteiger partial charge in [-0.3, -0.25) is 4.79 Å². The monoisotopic (exact) mass is 323 g/mol. The summed E-state index contributed by atoms with van der Waals surface area (Å²) in [5.74, 6) is 0.537. The summed E-state index contributed by atoms with van der Waals surface area (Å²) in [5.41, 5.74) is 0.537. The van der Waals surface area contributed by atoms with Crippen LogP contribution >= 0.6 is 23.1 Å². The van der Waals surface area contributed by atoms with Crippen molar-refractivity contribution >= 4 is 28.1 Å². The molecule has 0 saturated heterocycles. The molecule has 0 saturated carbocycles. The second-order valence-electron chi connectivity index (χ2n) is 4.69. The maximum Gasteiger partial charge on any atom is 0.275 e. The number of rotatable bonds is 4. The van der Waals surface area contributed by atoms with Gasteiger partial charge >= 0.3 is 0 Å². The second-order valence-corrected chi connectivity index (χ2v) is 6.79. The zero-order valence-corrected chi connectivity index (χ0v) is 13.4. The van der Waals surface area contributed by atoms with Crippen LogP contribution in [0.15, 0.2) is 16.0 Å². The minimum atomic E-state index is -0.164. The quantitative estimate of drug-likeness (QED) is 0.669. The van der Waals surface area contributed by atoms with Crippen molar-refractivity contribution in [2.75, 3.05) is 0 Å². The van der Waals surface area contributed by atoms with Crippen LogP contribution < -0.4 is 5.56 Å². The zero-order chi connectivity index (χ0) is 15.0. The molecule has 21 heavy (non-hydrogen) atoms. The van der Waals surface area contributed by atoms with Gasteiger partial charge in [0, 0.05) is 11.8 Å². The van der Waals surface area contributed by atoms with Crippen molar-refractivity contribution < 1.29 is 0 Å². The average molecular weight is 323 g/mol. The van der Waals surface area contributed by atoms with Crippen LogP contribution in [-0.2, 0) is 5.75 Å². The first-order chi connectivity index (χ1) is 10.0. The molecule has 110 valence electrons. The maximum absolute atomic E-state index is 12.0. The molecule has 0 radical (unpaired) electrons. The van der Waals surface area contributed by atoms with Gasteiger partial charge < -0.3 is 0 Å². The van der Waals surface area contributed by atoms with E-state index in [2.05, 4.69) is 25.6 Å². The lowest BCUT2D eigenvalue weighted by atomic mass is 10.4. The van der Waals surface area contributed by atoms with Crippen LogP contribution in [0.3, 0.4) is 0 Å². The van der Waals surface area contributed by atoms with Crippen molar-refractivity contribution in [1.82, 2.24) is 34.8 Å². The van der Waals surface area contributed by atoms with Gasteiger partial charge in [-0.05, 0) is 31.2 Å². The number of aryl methyl sites for hydroxylation is 1. The Bertz CT molecular complexity index is 835. The molecule has 0 aliphatic carbocycles. The standard InChI is InChI=1S/C11H13N7OS2/c1-6(2)17-11(13-15-16-17)20-5-8-4-9(19)18-10(12-8)21-7(3)14-18/h4,6H,5H2,1-3H3. The molecule has 0 aliphatic rings. The molecule has 3 aromatic heterocycles. The van der Waals surface area contributed by atoms with Crippen LogP contribution in [0.25, 0.3) is 4.96 Å². The predicted molar refractivity (Wildman–Crippen MR) is 79.6 cm³/mol. The van der Waals surface area contributed by atoms with E-state index < -0.39 is 0 Å². The fraction of sp³-hybridized carbons (Fsp3) is 0.455. The van der Waals surface area contributed by atoms with Crippen molar-refractivity contribution in [2.24, 2.45) is 0 Å². The lowest BCUT2D eigenvalue weighted by Gasteiger charge is -2.06. The Morgan fingerprint density at radius 1 is 1.43 bits per heavy atom. The van der Waals surface area contributed by atoms with E-state index in [4.69, 9.17) is 0 Å². The van der Waals surface area contributed by atoms with E-state index in [-0.39, 0.29) is 11.6 Å². The summed E-state index contributed by atoms with van der Waals surface area (Å²) in [6, 6.07) is 1.69. The van der Waals surface area contributed by atoms with Crippen molar-refractivity contribution in [2.45, 2.75) is 37.7 Å². The lowest BCUT2D eigenvalue weighted by molar-refractivity contribution is 0.477. The van der Waals surface area contributed by atoms with Crippen LogP contribution in [0.5, 0.6) is 0 Å². The summed E-state index contributed by atoms with van der Waals surface area (Å²) < 4.78 is 3.07. The summed E-state index contributed by atoms with van der Waals surface area (Å²) in [5, 5.41) is 17.2. The Morgan fingerprint density at radius 2 is 2.24 bits per heavy atom. The molecule has 3 heterocycles. The first-order valence-corrected chi connectivity index (χ1v) is 8.12. The van der Waals surface area contributed by atoms with E-state index >= 15 is 0 Å². The van der Waals surface area contributed by atoms with Gasteiger partial charge in [0.2, 0.25) is 10.1 Å². The van der Waals surface area contributed by atoms with Gasteiger partial charge in [0.25, 0.3) is 5.56 Å². The summed E-state index contributed by atoms with van der Waals surface area (Å²) in [7, 11) is 0. The highest BCUT2D eigenvalue weighted by atomic mass is 32.2. The third-order valence-corrected chi connectivity index (χ3v) is 4.49. The molecule has 3 aromatic rings. The molecule has 10 heteroatoms. The minimum Gasteiger partial charge on any atom is -0.267 e.